The highest BCUT2D eigenvalue weighted by Crippen LogP contribution is 2.19. The topological polar surface area (TPSA) is 75.4 Å². The molecule has 0 spiro atoms. The molecule has 0 bridgehead atoms. The van der Waals surface area contributed by atoms with E-state index in [-0.39, 0.29) is 21.8 Å². The van der Waals surface area contributed by atoms with Gasteiger partial charge in [-0.1, -0.05) is 31.3 Å². The second-order valence-electron chi connectivity index (χ2n) is 5.65. The van der Waals surface area contributed by atoms with Crippen LogP contribution in [0.1, 0.15) is 18.9 Å². The van der Waals surface area contributed by atoms with Crippen LogP contribution in [0.5, 0.6) is 0 Å². The lowest BCUT2D eigenvalue weighted by atomic mass is 9.95. The van der Waals surface area contributed by atoms with Gasteiger partial charge in [0.05, 0.1) is 4.90 Å². The van der Waals surface area contributed by atoms with E-state index in [0.717, 1.165) is 19.5 Å². The Morgan fingerprint density at radius 1 is 1.48 bits per heavy atom. The van der Waals surface area contributed by atoms with Gasteiger partial charge >= 0.3 is 0 Å². The van der Waals surface area contributed by atoms with Gasteiger partial charge in [-0.2, -0.15) is 0 Å². The first-order valence-electron chi connectivity index (χ1n) is 6.90. The Labute approximate surface area is 131 Å². The van der Waals surface area contributed by atoms with Gasteiger partial charge in [0.2, 0.25) is 10.0 Å². The molecule has 2 unspecified atom stereocenters. The summed E-state index contributed by atoms with van der Waals surface area (Å²) in [5.74, 6) is 0.275. The molecule has 1 fully saturated rings. The number of piperidine rings is 1. The predicted octanol–water partition coefficient (Wildman–Crippen LogP) is 0.939. The molecule has 7 heteroatoms. The van der Waals surface area contributed by atoms with Crippen molar-refractivity contribution in [3.05, 3.63) is 29.8 Å². The minimum Gasteiger partial charge on any atom is -0.389 e. The highest BCUT2D eigenvalue weighted by atomic mass is 32.2. The number of hydrogen-bond acceptors (Lipinski definition) is 4. The molecule has 1 saturated heterocycles. The number of hydrogen-bond donors (Lipinski definition) is 2. The van der Waals surface area contributed by atoms with E-state index < -0.39 is 10.0 Å². The van der Waals surface area contributed by atoms with Crippen LogP contribution >= 0.6 is 12.2 Å². The normalized spacial score (nSPS) is 23.9. The zero-order chi connectivity index (χ0) is 15.6. The van der Waals surface area contributed by atoms with E-state index in [0.29, 0.717) is 5.56 Å². The van der Waals surface area contributed by atoms with E-state index in [1.165, 1.54) is 6.07 Å². The van der Waals surface area contributed by atoms with Crippen LogP contribution in [-0.4, -0.2) is 44.5 Å². The molecule has 0 aliphatic carbocycles. The Bertz CT molecular complexity index is 631. The van der Waals surface area contributed by atoms with Crippen molar-refractivity contribution < 1.29 is 8.42 Å². The Morgan fingerprint density at radius 2 is 2.19 bits per heavy atom. The predicted molar refractivity (Wildman–Crippen MR) is 87.7 cm³/mol. The molecule has 1 aliphatic rings. The third kappa shape index (κ3) is 4.00. The van der Waals surface area contributed by atoms with Crippen molar-refractivity contribution in [3.63, 3.8) is 0 Å². The zero-order valence-electron chi connectivity index (χ0n) is 12.2. The summed E-state index contributed by atoms with van der Waals surface area (Å²) >= 11 is 4.89. The fraction of sp³-hybridized carbons (Fsp3) is 0.500. The van der Waals surface area contributed by atoms with E-state index in [9.17, 15) is 8.42 Å². The average molecular weight is 327 g/mol. The molecule has 2 rings (SSSR count). The van der Waals surface area contributed by atoms with Crippen LogP contribution in [-0.2, 0) is 10.0 Å². The van der Waals surface area contributed by atoms with Crippen molar-refractivity contribution in [2.24, 2.45) is 11.7 Å². The first-order chi connectivity index (χ1) is 9.79. The Kier molecular flexibility index (Phi) is 4.98. The lowest BCUT2D eigenvalue weighted by Crippen LogP contribution is -2.48. The number of sulfonamides is 1. The van der Waals surface area contributed by atoms with Gasteiger partial charge in [0.25, 0.3) is 0 Å². The summed E-state index contributed by atoms with van der Waals surface area (Å²) < 4.78 is 27.8. The van der Waals surface area contributed by atoms with Crippen LogP contribution in [0.3, 0.4) is 0 Å². The van der Waals surface area contributed by atoms with Crippen molar-refractivity contribution in [1.82, 2.24) is 9.62 Å². The second kappa shape index (κ2) is 6.39. The Balaban J connectivity index is 2.18. The second-order valence-corrected chi connectivity index (χ2v) is 7.80. The van der Waals surface area contributed by atoms with Crippen LogP contribution in [0.25, 0.3) is 0 Å². The summed E-state index contributed by atoms with van der Waals surface area (Å²) in [5.41, 5.74) is 6.12. The number of nitrogens with one attached hydrogen (secondary N) is 1. The lowest BCUT2D eigenvalue weighted by Gasteiger charge is -2.34. The van der Waals surface area contributed by atoms with Gasteiger partial charge in [0, 0.05) is 18.2 Å². The highest BCUT2D eigenvalue weighted by molar-refractivity contribution is 7.89. The van der Waals surface area contributed by atoms with E-state index in [4.69, 9.17) is 18.0 Å². The molecule has 1 aromatic rings. The van der Waals surface area contributed by atoms with Crippen LogP contribution in [0.15, 0.2) is 29.2 Å². The summed E-state index contributed by atoms with van der Waals surface area (Å²) in [7, 11) is -1.50. The minimum atomic E-state index is -3.55. The third-order valence-electron chi connectivity index (χ3n) is 3.84. The Morgan fingerprint density at radius 3 is 2.81 bits per heavy atom. The van der Waals surface area contributed by atoms with E-state index in [1.54, 1.807) is 18.2 Å². The molecule has 0 saturated carbocycles. The van der Waals surface area contributed by atoms with Gasteiger partial charge in [-0.15, -0.1) is 0 Å². The average Bonchev–Trinajstić information content (AvgIpc) is 2.42. The van der Waals surface area contributed by atoms with Gasteiger partial charge in [-0.05, 0) is 38.1 Å². The first-order valence-corrected chi connectivity index (χ1v) is 8.79. The van der Waals surface area contributed by atoms with Gasteiger partial charge in [0.1, 0.15) is 4.99 Å². The van der Waals surface area contributed by atoms with Crippen LogP contribution in [0, 0.1) is 5.92 Å². The van der Waals surface area contributed by atoms with Gasteiger partial charge < -0.3 is 10.6 Å². The monoisotopic (exact) mass is 327 g/mol. The molecule has 116 valence electrons. The molecular formula is C14H21N3O2S2. The van der Waals surface area contributed by atoms with Crippen LogP contribution < -0.4 is 10.5 Å². The highest BCUT2D eigenvalue weighted by Gasteiger charge is 2.28. The molecule has 0 aromatic heterocycles. The first kappa shape index (κ1) is 16.4. The maximum atomic E-state index is 12.5. The summed E-state index contributed by atoms with van der Waals surface area (Å²) in [6.45, 7) is 3.85. The van der Waals surface area contributed by atoms with Gasteiger partial charge in [-0.3, -0.25) is 0 Å². The summed E-state index contributed by atoms with van der Waals surface area (Å²) in [4.78, 5) is 2.61. The number of rotatable bonds is 4. The van der Waals surface area contributed by atoms with Crippen molar-refractivity contribution in [1.29, 1.82) is 0 Å². The fourth-order valence-corrected chi connectivity index (χ4v) is 4.16. The summed E-state index contributed by atoms with van der Waals surface area (Å²) in [5, 5.41) is 0. The Hall–Kier alpha value is -1.02. The molecule has 5 nitrogen and oxygen atoms in total. The number of benzene rings is 1. The largest absolute Gasteiger partial charge is 0.389 e. The molecule has 1 heterocycles. The molecule has 0 radical (unpaired) electrons. The lowest BCUT2D eigenvalue weighted by molar-refractivity contribution is 0.188. The van der Waals surface area contributed by atoms with E-state index >= 15 is 0 Å². The molecule has 2 atom stereocenters. The maximum Gasteiger partial charge on any atom is 0.240 e. The summed E-state index contributed by atoms with van der Waals surface area (Å²) in [6, 6.07) is 6.40. The number of nitrogens with zero attached hydrogens (tertiary/aromatic N) is 1. The molecule has 1 aliphatic heterocycles. The summed E-state index contributed by atoms with van der Waals surface area (Å²) in [6.07, 6.45) is 0.811. The molecule has 21 heavy (non-hydrogen) atoms. The van der Waals surface area contributed by atoms with Gasteiger partial charge in [0.15, 0.2) is 0 Å². The van der Waals surface area contributed by atoms with Crippen LogP contribution in [0.2, 0.25) is 0 Å². The smallest absolute Gasteiger partial charge is 0.240 e. The van der Waals surface area contributed by atoms with Crippen LogP contribution in [0.4, 0.5) is 0 Å². The molecular weight excluding hydrogens is 306 g/mol. The number of nitrogens with two attached hydrogens (primary N) is 1. The fourth-order valence-electron chi connectivity index (χ4n) is 2.61. The molecule has 3 N–H and O–H groups in total. The van der Waals surface area contributed by atoms with Crippen molar-refractivity contribution in [2.75, 3.05) is 20.1 Å². The zero-order valence-corrected chi connectivity index (χ0v) is 13.9. The molecule has 1 aromatic carbocycles. The van der Waals surface area contributed by atoms with Gasteiger partial charge in [-0.25, -0.2) is 13.1 Å². The standard InChI is InChI=1S/C14H21N3O2S2/c1-10-9-17(2)7-6-13(10)16-21(18,19)12-5-3-4-11(8-12)14(15)20/h3-5,8,10,13,16H,6-7,9H2,1-2H3,(H2,15,20). The quantitative estimate of drug-likeness (QED) is 0.805. The number of thiocarbonyl (C=S) groups is 1. The maximum absolute atomic E-state index is 12.5. The minimum absolute atomic E-state index is 0.0420. The van der Waals surface area contributed by atoms with Crippen molar-refractivity contribution in [3.8, 4) is 0 Å². The molecule has 0 amide bonds. The van der Waals surface area contributed by atoms with Crippen molar-refractivity contribution >= 4 is 27.2 Å². The number of likely N-dealkylation sites (tertiary alicyclic amines) is 1. The third-order valence-corrected chi connectivity index (χ3v) is 5.57. The SMILES string of the molecule is CC1CN(C)CCC1NS(=O)(=O)c1cccc(C(N)=S)c1. The van der Waals surface area contributed by atoms with E-state index in [1.807, 2.05) is 7.05 Å². The van der Waals surface area contributed by atoms with Crippen molar-refractivity contribution in [2.45, 2.75) is 24.3 Å². The van der Waals surface area contributed by atoms with E-state index in [2.05, 4.69) is 16.5 Å².